The Bertz CT molecular complexity index is 387. The lowest BCUT2D eigenvalue weighted by Crippen LogP contribution is -2.38. The van der Waals surface area contributed by atoms with Gasteiger partial charge in [-0.1, -0.05) is 18.5 Å². The van der Waals surface area contributed by atoms with Crippen LogP contribution >= 0.6 is 23.4 Å². The number of rotatable bonds is 5. The average Bonchev–Trinajstić information content (AvgIpc) is 2.35. The topological polar surface area (TPSA) is 33.2 Å². The van der Waals surface area contributed by atoms with Gasteiger partial charge in [0.2, 0.25) is 0 Å². The van der Waals surface area contributed by atoms with E-state index in [1.54, 1.807) is 35.0 Å². The fourth-order valence-corrected chi connectivity index (χ4v) is 2.64. The summed E-state index contributed by atoms with van der Waals surface area (Å²) in [6, 6.07) is 3.66. The summed E-state index contributed by atoms with van der Waals surface area (Å²) >= 11 is 7.66. The third kappa shape index (κ3) is 3.61. The zero-order valence-corrected chi connectivity index (χ0v) is 11.9. The molecule has 0 spiro atoms. The van der Waals surface area contributed by atoms with Crippen LogP contribution in [-0.4, -0.2) is 40.9 Å². The highest BCUT2D eigenvalue weighted by Crippen LogP contribution is 2.17. The number of carbonyl (C=O) groups is 1. The molecule has 5 heteroatoms. The van der Waals surface area contributed by atoms with E-state index in [4.69, 9.17) is 11.6 Å². The average molecular weight is 273 g/mol. The van der Waals surface area contributed by atoms with E-state index in [1.165, 1.54) is 0 Å². The Morgan fingerprint density at radius 3 is 2.88 bits per heavy atom. The zero-order chi connectivity index (χ0) is 12.8. The first-order valence-corrected chi connectivity index (χ1v) is 7.25. The summed E-state index contributed by atoms with van der Waals surface area (Å²) in [6.45, 7) is 2.08. The van der Waals surface area contributed by atoms with Gasteiger partial charge in [-0.2, -0.15) is 11.8 Å². The number of carbonyl (C=O) groups excluding carboxylic acids is 1. The SMILES string of the molecule is CCC(CSC)N(C)C(=O)c1cccnc1Cl. The van der Waals surface area contributed by atoms with E-state index in [9.17, 15) is 4.79 Å². The molecule has 1 aromatic rings. The van der Waals surface area contributed by atoms with Gasteiger partial charge in [0.25, 0.3) is 5.91 Å². The van der Waals surface area contributed by atoms with Gasteiger partial charge in [-0.15, -0.1) is 0 Å². The van der Waals surface area contributed by atoms with Gasteiger partial charge in [0.15, 0.2) is 0 Å². The Balaban J connectivity index is 2.85. The second-order valence-corrected chi connectivity index (χ2v) is 5.04. The number of thioether (sulfide) groups is 1. The molecule has 3 nitrogen and oxygen atoms in total. The van der Waals surface area contributed by atoms with Crippen LogP contribution in [0, 0.1) is 0 Å². The normalized spacial score (nSPS) is 12.2. The Morgan fingerprint density at radius 2 is 2.35 bits per heavy atom. The molecule has 1 rings (SSSR count). The van der Waals surface area contributed by atoms with E-state index in [1.807, 2.05) is 13.3 Å². The second kappa shape index (κ2) is 6.87. The minimum absolute atomic E-state index is 0.0657. The van der Waals surface area contributed by atoms with Crippen molar-refractivity contribution in [3.63, 3.8) is 0 Å². The van der Waals surface area contributed by atoms with E-state index in [0.29, 0.717) is 5.56 Å². The molecule has 1 heterocycles. The van der Waals surface area contributed by atoms with Gasteiger partial charge >= 0.3 is 0 Å². The lowest BCUT2D eigenvalue weighted by atomic mass is 10.2. The summed E-state index contributed by atoms with van der Waals surface area (Å²) in [7, 11) is 1.82. The standard InChI is InChI=1S/C12H17ClN2OS/c1-4-9(8-17-3)15(2)12(16)10-6-5-7-14-11(10)13/h5-7,9H,4,8H2,1-3H3. The monoisotopic (exact) mass is 272 g/mol. The van der Waals surface area contributed by atoms with Crippen LogP contribution in [-0.2, 0) is 0 Å². The maximum Gasteiger partial charge on any atom is 0.257 e. The van der Waals surface area contributed by atoms with E-state index in [2.05, 4.69) is 11.9 Å². The van der Waals surface area contributed by atoms with Crippen LogP contribution in [0.3, 0.4) is 0 Å². The molecule has 0 bridgehead atoms. The van der Waals surface area contributed by atoms with Crippen LogP contribution < -0.4 is 0 Å². The highest BCUT2D eigenvalue weighted by Gasteiger charge is 2.21. The summed E-state index contributed by atoms with van der Waals surface area (Å²) in [5, 5.41) is 0.267. The van der Waals surface area contributed by atoms with Gasteiger partial charge in [-0.25, -0.2) is 4.98 Å². The van der Waals surface area contributed by atoms with E-state index in [-0.39, 0.29) is 17.1 Å². The van der Waals surface area contributed by atoms with Crippen LogP contribution in [0.4, 0.5) is 0 Å². The number of nitrogens with zero attached hydrogens (tertiary/aromatic N) is 2. The molecule has 17 heavy (non-hydrogen) atoms. The van der Waals surface area contributed by atoms with Crippen LogP contribution in [0.2, 0.25) is 5.15 Å². The molecule has 0 fully saturated rings. The molecule has 1 atom stereocenters. The zero-order valence-electron chi connectivity index (χ0n) is 10.3. The Morgan fingerprint density at radius 1 is 1.65 bits per heavy atom. The predicted molar refractivity (Wildman–Crippen MR) is 73.8 cm³/mol. The van der Waals surface area contributed by atoms with Gasteiger partial charge < -0.3 is 4.90 Å². The molecular formula is C12H17ClN2OS. The summed E-state index contributed by atoms with van der Waals surface area (Å²) in [5.41, 5.74) is 0.469. The van der Waals surface area contributed by atoms with Crippen LogP contribution in [0.15, 0.2) is 18.3 Å². The third-order valence-electron chi connectivity index (χ3n) is 2.69. The number of amides is 1. The quantitative estimate of drug-likeness (QED) is 0.773. The van der Waals surface area contributed by atoms with Crippen LogP contribution in [0.25, 0.3) is 0 Å². The number of hydrogen-bond acceptors (Lipinski definition) is 3. The molecule has 0 aliphatic heterocycles. The Kier molecular flexibility index (Phi) is 5.78. The number of hydrogen-bond donors (Lipinski definition) is 0. The van der Waals surface area contributed by atoms with Gasteiger partial charge in [-0.3, -0.25) is 4.79 Å². The van der Waals surface area contributed by atoms with Crippen molar-refractivity contribution >= 4 is 29.3 Å². The molecule has 0 radical (unpaired) electrons. The smallest absolute Gasteiger partial charge is 0.257 e. The fourth-order valence-electron chi connectivity index (χ4n) is 1.60. The molecule has 94 valence electrons. The molecule has 0 N–H and O–H groups in total. The lowest BCUT2D eigenvalue weighted by molar-refractivity contribution is 0.0743. The number of pyridine rings is 1. The van der Waals surface area contributed by atoms with Crippen molar-refractivity contribution in [1.29, 1.82) is 0 Å². The first-order chi connectivity index (χ1) is 8.11. The molecular weight excluding hydrogens is 256 g/mol. The number of aromatic nitrogens is 1. The van der Waals surface area contributed by atoms with Gasteiger partial charge in [0.1, 0.15) is 5.15 Å². The van der Waals surface area contributed by atoms with Gasteiger partial charge in [-0.05, 0) is 24.8 Å². The third-order valence-corrected chi connectivity index (χ3v) is 3.71. The maximum atomic E-state index is 12.2. The molecule has 0 aromatic carbocycles. The molecule has 0 aliphatic carbocycles. The van der Waals surface area contributed by atoms with Crippen molar-refractivity contribution in [2.75, 3.05) is 19.1 Å². The first kappa shape index (κ1) is 14.3. The van der Waals surface area contributed by atoms with Crippen LogP contribution in [0.1, 0.15) is 23.7 Å². The van der Waals surface area contributed by atoms with E-state index in [0.717, 1.165) is 12.2 Å². The molecule has 1 unspecified atom stereocenters. The van der Waals surface area contributed by atoms with Crippen molar-refractivity contribution < 1.29 is 4.79 Å². The molecule has 0 aliphatic rings. The van der Waals surface area contributed by atoms with Crippen LogP contribution in [0.5, 0.6) is 0 Å². The maximum absolute atomic E-state index is 12.2. The van der Waals surface area contributed by atoms with Crippen molar-refractivity contribution in [1.82, 2.24) is 9.88 Å². The van der Waals surface area contributed by atoms with E-state index < -0.39 is 0 Å². The molecule has 1 aromatic heterocycles. The number of halogens is 1. The van der Waals surface area contributed by atoms with Gasteiger partial charge in [0, 0.05) is 25.0 Å². The molecule has 1 amide bonds. The predicted octanol–water partition coefficient (Wildman–Crippen LogP) is 2.95. The largest absolute Gasteiger partial charge is 0.338 e. The highest BCUT2D eigenvalue weighted by molar-refractivity contribution is 7.98. The molecule has 0 saturated carbocycles. The minimum Gasteiger partial charge on any atom is -0.338 e. The highest BCUT2D eigenvalue weighted by atomic mass is 35.5. The van der Waals surface area contributed by atoms with Crippen molar-refractivity contribution in [3.8, 4) is 0 Å². The summed E-state index contributed by atoms with van der Waals surface area (Å²) in [6.07, 6.45) is 4.55. The summed E-state index contributed by atoms with van der Waals surface area (Å²) < 4.78 is 0. The van der Waals surface area contributed by atoms with Crippen molar-refractivity contribution in [2.45, 2.75) is 19.4 Å². The van der Waals surface area contributed by atoms with Crippen molar-refractivity contribution in [2.24, 2.45) is 0 Å². The first-order valence-electron chi connectivity index (χ1n) is 5.48. The lowest BCUT2D eigenvalue weighted by Gasteiger charge is -2.26. The molecule has 0 saturated heterocycles. The summed E-state index contributed by atoms with van der Waals surface area (Å²) in [5.74, 6) is 0.861. The van der Waals surface area contributed by atoms with E-state index >= 15 is 0 Å². The Hall–Kier alpha value is -0.740. The summed E-state index contributed by atoms with van der Waals surface area (Å²) in [4.78, 5) is 17.9. The minimum atomic E-state index is -0.0657. The Labute approximate surface area is 112 Å². The second-order valence-electron chi connectivity index (χ2n) is 3.78. The van der Waals surface area contributed by atoms with Gasteiger partial charge in [0.05, 0.1) is 5.56 Å². The fraction of sp³-hybridized carbons (Fsp3) is 0.500. The van der Waals surface area contributed by atoms with Crippen molar-refractivity contribution in [3.05, 3.63) is 29.0 Å².